The summed E-state index contributed by atoms with van der Waals surface area (Å²) in [4.78, 5) is 35.0. The van der Waals surface area contributed by atoms with E-state index in [0.29, 0.717) is 28.8 Å². The molecule has 0 aliphatic carbocycles. The molecule has 0 fully saturated rings. The number of benzene rings is 2. The Morgan fingerprint density at radius 1 is 1.29 bits per heavy atom. The molecule has 2 heterocycles. The summed E-state index contributed by atoms with van der Waals surface area (Å²) in [6.45, 7) is 0.722. The Bertz CT molecular complexity index is 1170. The molecule has 1 aromatic heterocycles. The van der Waals surface area contributed by atoms with Crippen molar-refractivity contribution in [2.45, 2.75) is 13.1 Å². The quantitative estimate of drug-likeness (QED) is 0.519. The monoisotopic (exact) mass is 500 g/mol. The lowest BCUT2D eigenvalue weighted by molar-refractivity contribution is -0.122. The molecule has 1 aliphatic heterocycles. The summed E-state index contributed by atoms with van der Waals surface area (Å²) in [5.41, 5.74) is 3.69. The number of amides is 2. The van der Waals surface area contributed by atoms with E-state index in [-0.39, 0.29) is 23.6 Å². The van der Waals surface area contributed by atoms with Gasteiger partial charge in [-0.05, 0) is 56.9 Å². The molecule has 4 rings (SSSR count). The minimum atomic E-state index is -0.227. The molecule has 2 amide bonds. The summed E-state index contributed by atoms with van der Waals surface area (Å²) in [5.74, 6) is 0.309. The van der Waals surface area contributed by atoms with Crippen LogP contribution in [0.3, 0.4) is 0 Å². The van der Waals surface area contributed by atoms with Gasteiger partial charge in [0, 0.05) is 30.4 Å². The van der Waals surface area contributed by atoms with Crippen molar-refractivity contribution in [2.75, 3.05) is 13.7 Å². The third kappa shape index (κ3) is 4.70. The predicted octanol–water partition coefficient (Wildman–Crippen LogP) is 3.84. The van der Waals surface area contributed by atoms with Crippen LogP contribution in [0.2, 0.25) is 5.28 Å². The van der Waals surface area contributed by atoms with Crippen LogP contribution in [0.25, 0.3) is 11.3 Å². The predicted molar refractivity (Wildman–Crippen MR) is 120 cm³/mol. The van der Waals surface area contributed by atoms with Crippen LogP contribution in [0.4, 0.5) is 0 Å². The molecule has 1 aliphatic rings. The molecule has 1 N–H and O–H groups in total. The Balaban J connectivity index is 1.43. The van der Waals surface area contributed by atoms with Crippen molar-refractivity contribution in [1.82, 2.24) is 20.2 Å². The van der Waals surface area contributed by atoms with Gasteiger partial charge in [0.15, 0.2) is 0 Å². The molecule has 31 heavy (non-hydrogen) atoms. The molecule has 3 aromatic rings. The van der Waals surface area contributed by atoms with Gasteiger partial charge in [-0.1, -0.05) is 24.3 Å². The first-order chi connectivity index (χ1) is 14.9. The molecule has 0 spiro atoms. The summed E-state index contributed by atoms with van der Waals surface area (Å²) in [6.07, 6.45) is 1.57. The fraction of sp³-hybridized carbons (Fsp3) is 0.182. The van der Waals surface area contributed by atoms with Gasteiger partial charge in [0.1, 0.15) is 12.3 Å². The number of ether oxygens (including phenoxy) is 1. The van der Waals surface area contributed by atoms with Crippen molar-refractivity contribution in [2.24, 2.45) is 0 Å². The summed E-state index contributed by atoms with van der Waals surface area (Å²) >= 11 is 9.33. The third-order valence-electron chi connectivity index (χ3n) is 4.94. The maximum atomic E-state index is 12.9. The van der Waals surface area contributed by atoms with Gasteiger partial charge >= 0.3 is 0 Å². The first-order valence-electron chi connectivity index (χ1n) is 9.45. The van der Waals surface area contributed by atoms with Crippen LogP contribution >= 0.6 is 27.5 Å². The zero-order valence-electron chi connectivity index (χ0n) is 16.6. The second-order valence-corrected chi connectivity index (χ2v) is 8.19. The van der Waals surface area contributed by atoms with Crippen LogP contribution in [-0.2, 0) is 17.9 Å². The molecule has 0 bridgehead atoms. The molecule has 158 valence electrons. The normalized spacial score (nSPS) is 12.6. The highest BCUT2D eigenvalue weighted by molar-refractivity contribution is 9.10. The second-order valence-electron chi connectivity index (χ2n) is 7.00. The van der Waals surface area contributed by atoms with E-state index in [1.807, 2.05) is 36.4 Å². The van der Waals surface area contributed by atoms with E-state index in [4.69, 9.17) is 16.3 Å². The number of hydrogen-bond acceptors (Lipinski definition) is 5. The topological polar surface area (TPSA) is 84.4 Å². The number of methoxy groups -OCH3 is 1. The molecule has 7 nitrogen and oxygen atoms in total. The van der Waals surface area contributed by atoms with Crippen molar-refractivity contribution < 1.29 is 14.3 Å². The minimum absolute atomic E-state index is 0.0180. The smallest absolute Gasteiger partial charge is 0.254 e. The van der Waals surface area contributed by atoms with Crippen molar-refractivity contribution >= 4 is 39.3 Å². The van der Waals surface area contributed by atoms with Gasteiger partial charge < -0.3 is 15.0 Å². The van der Waals surface area contributed by atoms with Crippen LogP contribution in [-0.4, -0.2) is 40.3 Å². The maximum Gasteiger partial charge on any atom is 0.254 e. The number of carbonyl (C=O) groups is 2. The number of rotatable bonds is 6. The maximum absolute atomic E-state index is 12.9. The van der Waals surface area contributed by atoms with Crippen molar-refractivity contribution in [3.05, 3.63) is 75.1 Å². The summed E-state index contributed by atoms with van der Waals surface area (Å²) in [7, 11) is 1.60. The van der Waals surface area contributed by atoms with Crippen LogP contribution < -0.4 is 10.1 Å². The van der Waals surface area contributed by atoms with Gasteiger partial charge in [0.2, 0.25) is 11.2 Å². The van der Waals surface area contributed by atoms with E-state index in [0.717, 1.165) is 22.4 Å². The van der Waals surface area contributed by atoms with Gasteiger partial charge in [0.25, 0.3) is 5.91 Å². The van der Waals surface area contributed by atoms with E-state index in [9.17, 15) is 9.59 Å². The Kier molecular flexibility index (Phi) is 6.20. The molecule has 0 unspecified atom stereocenters. The fourth-order valence-electron chi connectivity index (χ4n) is 3.40. The van der Waals surface area contributed by atoms with Crippen LogP contribution in [0.15, 0.2) is 53.1 Å². The van der Waals surface area contributed by atoms with Crippen LogP contribution in [0.5, 0.6) is 5.75 Å². The van der Waals surface area contributed by atoms with Gasteiger partial charge in [-0.15, -0.1) is 0 Å². The van der Waals surface area contributed by atoms with Gasteiger partial charge in [-0.3, -0.25) is 9.59 Å². The largest absolute Gasteiger partial charge is 0.497 e. The average molecular weight is 502 g/mol. The number of halogens is 2. The highest BCUT2D eigenvalue weighted by Gasteiger charge is 2.29. The van der Waals surface area contributed by atoms with Crippen molar-refractivity contribution in [1.29, 1.82) is 0 Å². The molecule has 2 aromatic carbocycles. The highest BCUT2D eigenvalue weighted by atomic mass is 79.9. The molecule has 0 radical (unpaired) electrons. The zero-order chi connectivity index (χ0) is 22.0. The summed E-state index contributed by atoms with van der Waals surface area (Å²) in [6, 6.07) is 13.0. The van der Waals surface area contributed by atoms with Gasteiger partial charge in [-0.2, -0.15) is 0 Å². The molecular weight excluding hydrogens is 484 g/mol. The van der Waals surface area contributed by atoms with E-state index < -0.39 is 0 Å². The molecule has 0 atom stereocenters. The number of nitrogens with zero attached hydrogens (tertiary/aromatic N) is 3. The Morgan fingerprint density at radius 3 is 2.94 bits per heavy atom. The Labute approximate surface area is 192 Å². The van der Waals surface area contributed by atoms with E-state index in [1.165, 1.54) is 4.90 Å². The first-order valence-corrected chi connectivity index (χ1v) is 10.6. The van der Waals surface area contributed by atoms with Gasteiger partial charge in [-0.25, -0.2) is 9.97 Å². The molecule has 9 heteroatoms. The standard InChI is InChI=1S/C22H18BrClN4O3/c1-31-16-4-2-3-13(7-16)9-25-19(29)12-28-11-15-6-5-14(8-17(15)21(28)30)20-18(23)10-26-22(24)27-20/h2-8,10H,9,11-12H2,1H3,(H,25,29). The minimum Gasteiger partial charge on any atom is -0.497 e. The van der Waals surface area contributed by atoms with Crippen LogP contribution in [0, 0.1) is 0 Å². The number of nitrogens with one attached hydrogen (secondary N) is 1. The highest BCUT2D eigenvalue weighted by Crippen LogP contribution is 2.31. The summed E-state index contributed by atoms with van der Waals surface area (Å²) < 4.78 is 5.87. The van der Waals surface area contributed by atoms with Gasteiger partial charge in [0.05, 0.1) is 17.3 Å². The SMILES string of the molecule is COc1cccc(CNC(=O)CN2Cc3ccc(-c4nc(Cl)ncc4Br)cc3C2=O)c1. The first kappa shape index (κ1) is 21.3. The fourth-order valence-corrected chi connectivity index (χ4v) is 3.95. The third-order valence-corrected chi connectivity index (χ3v) is 5.70. The number of hydrogen-bond donors (Lipinski definition) is 1. The number of fused-ring (bicyclic) bond motifs is 1. The van der Waals surface area contributed by atoms with Crippen molar-refractivity contribution in [3.63, 3.8) is 0 Å². The molecule has 0 saturated heterocycles. The van der Waals surface area contributed by atoms with Crippen molar-refractivity contribution in [3.8, 4) is 17.0 Å². The molecular formula is C22H18BrClN4O3. The Morgan fingerprint density at radius 2 is 2.13 bits per heavy atom. The lowest BCUT2D eigenvalue weighted by Crippen LogP contribution is -2.37. The number of aromatic nitrogens is 2. The average Bonchev–Trinajstić information content (AvgIpc) is 3.08. The zero-order valence-corrected chi connectivity index (χ0v) is 18.9. The lowest BCUT2D eigenvalue weighted by Gasteiger charge is -2.15. The Hall–Kier alpha value is -2.97. The number of carbonyl (C=O) groups excluding carboxylic acids is 2. The van der Waals surface area contributed by atoms with E-state index in [2.05, 4.69) is 31.2 Å². The lowest BCUT2D eigenvalue weighted by atomic mass is 10.0. The van der Waals surface area contributed by atoms with Crippen LogP contribution in [0.1, 0.15) is 21.5 Å². The molecule has 0 saturated carbocycles. The van der Waals surface area contributed by atoms with E-state index in [1.54, 1.807) is 19.4 Å². The second kappa shape index (κ2) is 9.03. The van der Waals surface area contributed by atoms with E-state index >= 15 is 0 Å². The summed E-state index contributed by atoms with van der Waals surface area (Å²) in [5, 5.41) is 2.97.